The number of hydrogen-bond acceptors (Lipinski definition) is 2. The Labute approximate surface area is 126 Å². The summed E-state index contributed by atoms with van der Waals surface area (Å²) in [7, 11) is 1.87. The van der Waals surface area contributed by atoms with Gasteiger partial charge in [-0.2, -0.15) is 0 Å². The SMILES string of the molecule is Cn1cc(Br)cc1C(=O)Nc1cccc2c1CCNC2. The zero-order valence-corrected chi connectivity index (χ0v) is 12.8. The van der Waals surface area contributed by atoms with Gasteiger partial charge in [0.1, 0.15) is 5.69 Å². The van der Waals surface area contributed by atoms with Crippen LogP contribution in [0.1, 0.15) is 21.6 Å². The molecule has 1 amide bonds. The monoisotopic (exact) mass is 333 g/mol. The number of amides is 1. The number of halogens is 1. The molecule has 0 radical (unpaired) electrons. The normalized spacial score (nSPS) is 13.9. The van der Waals surface area contributed by atoms with E-state index in [2.05, 4.69) is 32.6 Å². The lowest BCUT2D eigenvalue weighted by molar-refractivity contribution is 0.101. The smallest absolute Gasteiger partial charge is 0.272 e. The number of anilines is 1. The summed E-state index contributed by atoms with van der Waals surface area (Å²) in [6.07, 6.45) is 2.82. The van der Waals surface area contributed by atoms with Gasteiger partial charge in [0, 0.05) is 29.9 Å². The van der Waals surface area contributed by atoms with Gasteiger partial charge in [0.05, 0.1) is 0 Å². The highest BCUT2D eigenvalue weighted by atomic mass is 79.9. The maximum atomic E-state index is 12.4. The van der Waals surface area contributed by atoms with Gasteiger partial charge in [-0.05, 0) is 52.2 Å². The van der Waals surface area contributed by atoms with Crippen molar-refractivity contribution in [2.45, 2.75) is 13.0 Å². The van der Waals surface area contributed by atoms with Crippen LogP contribution in [0.15, 0.2) is 34.9 Å². The largest absolute Gasteiger partial charge is 0.345 e. The third-order valence-electron chi connectivity index (χ3n) is 3.59. The lowest BCUT2D eigenvalue weighted by Crippen LogP contribution is -2.25. The molecule has 1 aromatic carbocycles. The fourth-order valence-electron chi connectivity index (χ4n) is 2.59. The van der Waals surface area contributed by atoms with E-state index in [-0.39, 0.29) is 5.91 Å². The van der Waals surface area contributed by atoms with Crippen molar-refractivity contribution in [3.8, 4) is 0 Å². The number of aryl methyl sites for hydroxylation is 1. The minimum atomic E-state index is -0.0786. The molecule has 0 aliphatic carbocycles. The van der Waals surface area contributed by atoms with Crippen molar-refractivity contribution in [3.05, 3.63) is 51.8 Å². The number of nitrogens with zero attached hydrogens (tertiary/aromatic N) is 1. The van der Waals surface area contributed by atoms with Gasteiger partial charge in [-0.1, -0.05) is 12.1 Å². The van der Waals surface area contributed by atoms with Crippen molar-refractivity contribution >= 4 is 27.5 Å². The van der Waals surface area contributed by atoms with Crippen molar-refractivity contribution in [2.75, 3.05) is 11.9 Å². The van der Waals surface area contributed by atoms with Crippen molar-refractivity contribution in [1.29, 1.82) is 0 Å². The van der Waals surface area contributed by atoms with Crippen LogP contribution in [-0.4, -0.2) is 17.0 Å². The molecule has 0 unspecified atom stereocenters. The van der Waals surface area contributed by atoms with Gasteiger partial charge in [0.2, 0.25) is 0 Å². The molecule has 0 bridgehead atoms. The second kappa shape index (κ2) is 5.42. The van der Waals surface area contributed by atoms with Crippen LogP contribution in [0.5, 0.6) is 0 Å². The number of aromatic nitrogens is 1. The van der Waals surface area contributed by atoms with Crippen LogP contribution >= 0.6 is 15.9 Å². The molecule has 20 heavy (non-hydrogen) atoms. The molecule has 1 aromatic heterocycles. The molecular weight excluding hydrogens is 318 g/mol. The number of benzene rings is 1. The summed E-state index contributed by atoms with van der Waals surface area (Å²) in [6.45, 7) is 1.82. The first-order valence-electron chi connectivity index (χ1n) is 6.60. The minimum Gasteiger partial charge on any atom is -0.345 e. The Bertz CT molecular complexity index is 663. The van der Waals surface area contributed by atoms with E-state index in [0.717, 1.165) is 29.7 Å². The highest BCUT2D eigenvalue weighted by Crippen LogP contribution is 2.24. The van der Waals surface area contributed by atoms with Crippen molar-refractivity contribution in [3.63, 3.8) is 0 Å². The van der Waals surface area contributed by atoms with Crippen LogP contribution in [0.4, 0.5) is 5.69 Å². The summed E-state index contributed by atoms with van der Waals surface area (Å²) in [5.74, 6) is -0.0786. The summed E-state index contributed by atoms with van der Waals surface area (Å²) >= 11 is 3.39. The van der Waals surface area contributed by atoms with Gasteiger partial charge in [-0.25, -0.2) is 0 Å². The summed E-state index contributed by atoms with van der Waals surface area (Å²) in [5.41, 5.74) is 4.07. The predicted molar refractivity (Wildman–Crippen MR) is 82.9 cm³/mol. The summed E-state index contributed by atoms with van der Waals surface area (Å²) < 4.78 is 2.72. The molecule has 2 aromatic rings. The average molecular weight is 334 g/mol. The Kier molecular flexibility index (Phi) is 3.63. The van der Waals surface area contributed by atoms with E-state index in [1.54, 1.807) is 0 Å². The Morgan fingerprint density at radius 2 is 2.30 bits per heavy atom. The van der Waals surface area contributed by atoms with Gasteiger partial charge in [0.25, 0.3) is 5.91 Å². The number of nitrogens with one attached hydrogen (secondary N) is 2. The second-order valence-electron chi connectivity index (χ2n) is 4.98. The van der Waals surface area contributed by atoms with Gasteiger partial charge >= 0.3 is 0 Å². The Hall–Kier alpha value is -1.59. The quantitative estimate of drug-likeness (QED) is 0.887. The fraction of sp³-hybridized carbons (Fsp3) is 0.267. The predicted octanol–water partition coefficient (Wildman–Crippen LogP) is 2.69. The van der Waals surface area contributed by atoms with E-state index in [0.29, 0.717) is 5.69 Å². The second-order valence-corrected chi connectivity index (χ2v) is 5.89. The molecule has 5 heteroatoms. The zero-order chi connectivity index (χ0) is 14.1. The van der Waals surface area contributed by atoms with Crippen LogP contribution in [-0.2, 0) is 20.0 Å². The van der Waals surface area contributed by atoms with Gasteiger partial charge < -0.3 is 15.2 Å². The van der Waals surface area contributed by atoms with Crippen LogP contribution < -0.4 is 10.6 Å². The molecule has 0 atom stereocenters. The van der Waals surface area contributed by atoms with E-state index in [1.165, 1.54) is 11.1 Å². The molecule has 2 N–H and O–H groups in total. The van der Waals surface area contributed by atoms with Crippen LogP contribution in [0.3, 0.4) is 0 Å². The van der Waals surface area contributed by atoms with Crippen molar-refractivity contribution < 1.29 is 4.79 Å². The van der Waals surface area contributed by atoms with Crippen molar-refractivity contribution in [2.24, 2.45) is 7.05 Å². The molecule has 4 nitrogen and oxygen atoms in total. The molecule has 1 aliphatic heterocycles. The third-order valence-corrected chi connectivity index (χ3v) is 4.03. The first-order chi connectivity index (χ1) is 9.65. The third kappa shape index (κ3) is 2.51. The maximum absolute atomic E-state index is 12.4. The maximum Gasteiger partial charge on any atom is 0.272 e. The van der Waals surface area contributed by atoms with E-state index in [4.69, 9.17) is 0 Å². The summed E-state index contributed by atoms with van der Waals surface area (Å²) in [5, 5.41) is 6.37. The number of fused-ring (bicyclic) bond motifs is 1. The number of carbonyl (C=O) groups is 1. The topological polar surface area (TPSA) is 46.1 Å². The van der Waals surface area contributed by atoms with Gasteiger partial charge in [0.15, 0.2) is 0 Å². The molecule has 1 aliphatic rings. The number of rotatable bonds is 2. The molecule has 3 rings (SSSR count). The molecule has 0 spiro atoms. The molecule has 2 heterocycles. The van der Waals surface area contributed by atoms with Crippen LogP contribution in [0.2, 0.25) is 0 Å². The highest BCUT2D eigenvalue weighted by Gasteiger charge is 2.16. The van der Waals surface area contributed by atoms with E-state index in [1.807, 2.05) is 36.0 Å². The lowest BCUT2D eigenvalue weighted by atomic mass is 9.99. The summed E-state index contributed by atoms with van der Waals surface area (Å²) in [4.78, 5) is 12.4. The highest BCUT2D eigenvalue weighted by molar-refractivity contribution is 9.10. The van der Waals surface area contributed by atoms with E-state index < -0.39 is 0 Å². The number of carbonyl (C=O) groups excluding carboxylic acids is 1. The Balaban J connectivity index is 1.88. The number of hydrogen-bond donors (Lipinski definition) is 2. The Morgan fingerprint density at radius 3 is 3.05 bits per heavy atom. The average Bonchev–Trinajstić information content (AvgIpc) is 2.78. The zero-order valence-electron chi connectivity index (χ0n) is 11.2. The standard InChI is InChI=1S/C15H16BrN3O/c1-19-9-11(16)7-14(19)15(20)18-13-4-2-3-10-8-17-6-5-12(10)13/h2-4,7,9,17H,5-6,8H2,1H3,(H,18,20). The van der Waals surface area contributed by atoms with Crippen LogP contribution in [0.25, 0.3) is 0 Å². The van der Waals surface area contributed by atoms with E-state index >= 15 is 0 Å². The first kappa shape index (κ1) is 13.4. The van der Waals surface area contributed by atoms with E-state index in [9.17, 15) is 4.79 Å². The summed E-state index contributed by atoms with van der Waals surface area (Å²) in [6, 6.07) is 7.89. The lowest BCUT2D eigenvalue weighted by Gasteiger charge is -2.20. The molecule has 0 saturated heterocycles. The first-order valence-corrected chi connectivity index (χ1v) is 7.39. The van der Waals surface area contributed by atoms with Crippen molar-refractivity contribution in [1.82, 2.24) is 9.88 Å². The van der Waals surface area contributed by atoms with Gasteiger partial charge in [-0.15, -0.1) is 0 Å². The molecule has 104 valence electrons. The molecule has 0 saturated carbocycles. The molecule has 0 fully saturated rings. The van der Waals surface area contributed by atoms with Gasteiger partial charge in [-0.3, -0.25) is 4.79 Å². The minimum absolute atomic E-state index is 0.0786. The van der Waals surface area contributed by atoms with Crippen LogP contribution in [0, 0.1) is 0 Å². The molecular formula is C15H16BrN3O. The Morgan fingerprint density at radius 1 is 1.45 bits per heavy atom. The fourth-order valence-corrected chi connectivity index (χ4v) is 3.11.